The quantitative estimate of drug-likeness (QED) is 0.586. The van der Waals surface area contributed by atoms with E-state index in [1.165, 1.54) is 19.3 Å². The molecule has 1 heteroatoms. The second-order valence-corrected chi connectivity index (χ2v) is 3.84. The van der Waals surface area contributed by atoms with Gasteiger partial charge in [0.2, 0.25) is 0 Å². The molecule has 0 atom stereocenters. The van der Waals surface area contributed by atoms with Gasteiger partial charge in [-0.05, 0) is 33.1 Å². The van der Waals surface area contributed by atoms with Crippen molar-refractivity contribution in [3.05, 3.63) is 0 Å². The lowest BCUT2D eigenvalue weighted by atomic mass is 10.0. The van der Waals surface area contributed by atoms with Crippen LogP contribution < -0.4 is 0 Å². The van der Waals surface area contributed by atoms with Crippen LogP contribution in [0.4, 0.5) is 0 Å². The van der Waals surface area contributed by atoms with Crippen LogP contribution in [0.3, 0.4) is 0 Å². The lowest BCUT2D eigenvalue weighted by Crippen LogP contribution is -2.24. The van der Waals surface area contributed by atoms with Crippen molar-refractivity contribution in [2.24, 2.45) is 5.92 Å². The van der Waals surface area contributed by atoms with Crippen LogP contribution in [-0.2, 0) is 4.74 Å². The lowest BCUT2D eigenvalue weighted by Gasteiger charge is -2.24. The molecular weight excluding hydrogens is 124 g/mol. The Balaban J connectivity index is 2.19. The minimum atomic E-state index is 0.135. The lowest BCUT2D eigenvalue weighted by molar-refractivity contribution is -0.0199. The van der Waals surface area contributed by atoms with Gasteiger partial charge >= 0.3 is 0 Å². The zero-order chi connectivity index (χ0) is 7.61. The predicted molar refractivity (Wildman–Crippen MR) is 43.0 cm³/mol. The van der Waals surface area contributed by atoms with Crippen LogP contribution in [0.25, 0.3) is 0 Å². The Hall–Kier alpha value is -0.0400. The van der Waals surface area contributed by atoms with Gasteiger partial charge in [-0.2, -0.15) is 0 Å². The summed E-state index contributed by atoms with van der Waals surface area (Å²) in [5.74, 6) is 0.974. The highest BCUT2D eigenvalue weighted by atomic mass is 16.5. The number of ether oxygens (including phenoxy) is 1. The summed E-state index contributed by atoms with van der Waals surface area (Å²) >= 11 is 0. The second-order valence-electron chi connectivity index (χ2n) is 3.84. The van der Waals surface area contributed by atoms with Crippen molar-refractivity contribution in [3.63, 3.8) is 0 Å². The topological polar surface area (TPSA) is 9.23 Å². The van der Waals surface area contributed by atoms with Gasteiger partial charge in [-0.25, -0.2) is 0 Å². The zero-order valence-electron chi connectivity index (χ0n) is 7.31. The van der Waals surface area contributed by atoms with Crippen LogP contribution in [0.15, 0.2) is 0 Å². The molecule has 0 aromatic rings. The number of hydrogen-bond acceptors (Lipinski definition) is 1. The molecule has 0 unspecified atom stereocenters. The van der Waals surface area contributed by atoms with Gasteiger partial charge in [0.05, 0.1) is 5.60 Å². The molecule has 60 valence electrons. The minimum Gasteiger partial charge on any atom is -0.376 e. The van der Waals surface area contributed by atoms with Crippen LogP contribution in [0, 0.1) is 5.92 Å². The summed E-state index contributed by atoms with van der Waals surface area (Å²) < 4.78 is 5.58. The van der Waals surface area contributed by atoms with Crippen LogP contribution in [-0.4, -0.2) is 12.2 Å². The van der Waals surface area contributed by atoms with Gasteiger partial charge in [0.1, 0.15) is 0 Å². The van der Waals surface area contributed by atoms with E-state index < -0.39 is 0 Å². The maximum Gasteiger partial charge on any atom is 0.0629 e. The molecule has 0 saturated heterocycles. The highest BCUT2D eigenvalue weighted by molar-refractivity contribution is 4.81. The van der Waals surface area contributed by atoms with Gasteiger partial charge in [0, 0.05) is 6.61 Å². The first-order valence-corrected chi connectivity index (χ1v) is 4.28. The molecule has 1 aliphatic carbocycles. The molecule has 1 saturated carbocycles. The summed E-state index contributed by atoms with van der Waals surface area (Å²) in [5, 5.41) is 0. The van der Waals surface area contributed by atoms with Gasteiger partial charge in [-0.1, -0.05) is 12.8 Å². The van der Waals surface area contributed by atoms with Crippen molar-refractivity contribution >= 4 is 0 Å². The first kappa shape index (κ1) is 8.06. The third-order valence-corrected chi connectivity index (χ3v) is 2.01. The summed E-state index contributed by atoms with van der Waals surface area (Å²) in [6.45, 7) is 7.29. The molecule has 1 rings (SSSR count). The maximum atomic E-state index is 5.58. The predicted octanol–water partition coefficient (Wildman–Crippen LogP) is 2.60. The van der Waals surface area contributed by atoms with Crippen molar-refractivity contribution in [3.8, 4) is 0 Å². The Kier molecular flexibility index (Phi) is 2.35. The van der Waals surface area contributed by atoms with Crippen LogP contribution in [0.1, 0.15) is 40.0 Å². The first-order valence-electron chi connectivity index (χ1n) is 4.28. The SMILES string of the molecule is CCOC(C)(C)CC1CC1. The van der Waals surface area contributed by atoms with E-state index in [-0.39, 0.29) is 5.60 Å². The van der Waals surface area contributed by atoms with E-state index >= 15 is 0 Å². The Bertz CT molecular complexity index is 103. The van der Waals surface area contributed by atoms with Crippen molar-refractivity contribution in [1.82, 2.24) is 0 Å². The van der Waals surface area contributed by atoms with Crippen molar-refractivity contribution in [2.45, 2.75) is 45.6 Å². The smallest absolute Gasteiger partial charge is 0.0629 e. The molecule has 10 heavy (non-hydrogen) atoms. The second kappa shape index (κ2) is 2.91. The molecule has 0 amide bonds. The maximum absolute atomic E-state index is 5.58. The van der Waals surface area contributed by atoms with E-state index in [0.717, 1.165) is 12.5 Å². The minimum absolute atomic E-state index is 0.135. The molecular formula is C9H18O. The van der Waals surface area contributed by atoms with Gasteiger partial charge < -0.3 is 4.74 Å². The average Bonchev–Trinajstić information content (AvgIpc) is 2.48. The normalized spacial score (nSPS) is 19.5. The molecule has 0 bridgehead atoms. The fraction of sp³-hybridized carbons (Fsp3) is 1.00. The highest BCUT2D eigenvalue weighted by Crippen LogP contribution is 2.37. The third kappa shape index (κ3) is 2.70. The van der Waals surface area contributed by atoms with Gasteiger partial charge in [0.25, 0.3) is 0 Å². The monoisotopic (exact) mass is 142 g/mol. The Morgan fingerprint density at radius 1 is 1.40 bits per heavy atom. The average molecular weight is 142 g/mol. The number of hydrogen-bond donors (Lipinski definition) is 0. The first-order chi connectivity index (χ1) is 4.64. The molecule has 0 radical (unpaired) electrons. The van der Waals surface area contributed by atoms with Crippen molar-refractivity contribution in [1.29, 1.82) is 0 Å². The molecule has 0 aliphatic heterocycles. The van der Waals surface area contributed by atoms with Crippen molar-refractivity contribution < 1.29 is 4.74 Å². The van der Waals surface area contributed by atoms with Gasteiger partial charge in [-0.3, -0.25) is 0 Å². The van der Waals surface area contributed by atoms with E-state index in [4.69, 9.17) is 4.74 Å². The molecule has 1 fully saturated rings. The summed E-state index contributed by atoms with van der Waals surface area (Å²) in [6.07, 6.45) is 4.11. The van der Waals surface area contributed by atoms with Crippen molar-refractivity contribution in [2.75, 3.05) is 6.61 Å². The van der Waals surface area contributed by atoms with Crippen LogP contribution in [0.2, 0.25) is 0 Å². The van der Waals surface area contributed by atoms with Gasteiger partial charge in [-0.15, -0.1) is 0 Å². The summed E-state index contributed by atoms with van der Waals surface area (Å²) in [6, 6.07) is 0. The van der Waals surface area contributed by atoms with E-state index in [0.29, 0.717) is 0 Å². The third-order valence-electron chi connectivity index (χ3n) is 2.01. The highest BCUT2D eigenvalue weighted by Gasteiger charge is 2.30. The molecule has 1 nitrogen and oxygen atoms in total. The standard InChI is InChI=1S/C9H18O/c1-4-10-9(2,3)7-8-5-6-8/h8H,4-7H2,1-3H3. The fourth-order valence-electron chi connectivity index (χ4n) is 1.47. The zero-order valence-corrected chi connectivity index (χ0v) is 7.31. The van der Waals surface area contributed by atoms with E-state index in [1.54, 1.807) is 0 Å². The Morgan fingerprint density at radius 3 is 2.40 bits per heavy atom. The largest absolute Gasteiger partial charge is 0.376 e. The molecule has 0 N–H and O–H groups in total. The molecule has 0 spiro atoms. The molecule has 0 heterocycles. The molecule has 0 aromatic heterocycles. The van der Waals surface area contributed by atoms with E-state index in [2.05, 4.69) is 20.8 Å². The summed E-state index contributed by atoms with van der Waals surface area (Å²) in [5.41, 5.74) is 0.135. The Morgan fingerprint density at radius 2 is 2.00 bits per heavy atom. The fourth-order valence-corrected chi connectivity index (χ4v) is 1.47. The molecule has 1 aliphatic rings. The van der Waals surface area contributed by atoms with Crippen LogP contribution in [0.5, 0.6) is 0 Å². The summed E-state index contributed by atoms with van der Waals surface area (Å²) in [4.78, 5) is 0. The summed E-state index contributed by atoms with van der Waals surface area (Å²) in [7, 11) is 0. The molecule has 0 aromatic carbocycles. The van der Waals surface area contributed by atoms with Gasteiger partial charge in [0.15, 0.2) is 0 Å². The van der Waals surface area contributed by atoms with Crippen LogP contribution >= 0.6 is 0 Å². The number of rotatable bonds is 4. The van der Waals surface area contributed by atoms with E-state index in [9.17, 15) is 0 Å². The van der Waals surface area contributed by atoms with E-state index in [1.807, 2.05) is 0 Å². The Labute approximate surface area is 63.8 Å².